The molecular formula is C14H17N3O. The summed E-state index contributed by atoms with van der Waals surface area (Å²) in [4.78, 5) is 2.24. The maximum absolute atomic E-state index is 9.69. The van der Waals surface area contributed by atoms with Crippen molar-refractivity contribution < 1.29 is 5.11 Å². The van der Waals surface area contributed by atoms with Crippen molar-refractivity contribution in [2.24, 2.45) is 7.05 Å². The fraction of sp³-hybridized carbons (Fsp3) is 0.357. The van der Waals surface area contributed by atoms with Gasteiger partial charge in [-0.25, -0.2) is 0 Å². The van der Waals surface area contributed by atoms with Gasteiger partial charge < -0.3 is 10.0 Å². The quantitative estimate of drug-likeness (QED) is 0.870. The maximum atomic E-state index is 9.69. The Kier molecular flexibility index (Phi) is 2.59. The Hall–Kier alpha value is -1.81. The van der Waals surface area contributed by atoms with E-state index in [1.807, 2.05) is 19.4 Å². The Morgan fingerprint density at radius 1 is 1.33 bits per heavy atom. The molecule has 4 heteroatoms. The number of aromatic nitrogens is 2. The predicted octanol–water partition coefficient (Wildman–Crippen LogP) is 1.57. The van der Waals surface area contributed by atoms with E-state index in [1.165, 1.54) is 11.3 Å². The second-order valence-corrected chi connectivity index (χ2v) is 4.82. The molecule has 2 heterocycles. The number of aryl methyl sites for hydroxylation is 1. The van der Waals surface area contributed by atoms with Crippen LogP contribution in [-0.4, -0.2) is 28.5 Å². The van der Waals surface area contributed by atoms with Crippen LogP contribution in [0.5, 0.6) is 0 Å². The van der Waals surface area contributed by atoms with Gasteiger partial charge >= 0.3 is 0 Å². The van der Waals surface area contributed by atoms with Crippen LogP contribution in [0.1, 0.15) is 11.1 Å². The molecule has 0 radical (unpaired) electrons. The first-order valence-corrected chi connectivity index (χ1v) is 6.16. The number of benzene rings is 1. The van der Waals surface area contributed by atoms with E-state index in [1.54, 1.807) is 4.68 Å². The zero-order chi connectivity index (χ0) is 12.7. The van der Waals surface area contributed by atoms with Crippen LogP contribution in [0.25, 0.3) is 11.1 Å². The first-order chi connectivity index (χ1) is 8.70. The minimum atomic E-state index is 0.0846. The highest BCUT2D eigenvalue weighted by Crippen LogP contribution is 2.35. The van der Waals surface area contributed by atoms with Crippen molar-refractivity contribution in [1.82, 2.24) is 9.78 Å². The number of aliphatic hydroxyl groups is 1. The number of fused-ring (bicyclic) bond motifs is 1. The van der Waals surface area contributed by atoms with Gasteiger partial charge in [0.15, 0.2) is 0 Å². The molecule has 1 aromatic carbocycles. The smallest absolute Gasteiger partial charge is 0.0691 e. The van der Waals surface area contributed by atoms with E-state index < -0.39 is 0 Å². The Morgan fingerprint density at radius 2 is 2.17 bits per heavy atom. The number of rotatable bonds is 2. The molecule has 18 heavy (non-hydrogen) atoms. The van der Waals surface area contributed by atoms with Crippen LogP contribution in [0, 0.1) is 0 Å². The monoisotopic (exact) mass is 243 g/mol. The lowest BCUT2D eigenvalue weighted by Gasteiger charge is -2.15. The Balaban J connectivity index is 2.17. The van der Waals surface area contributed by atoms with Gasteiger partial charge in [0.05, 0.1) is 12.8 Å². The fourth-order valence-corrected chi connectivity index (χ4v) is 2.73. The molecule has 94 valence electrons. The highest BCUT2D eigenvalue weighted by Gasteiger charge is 2.21. The van der Waals surface area contributed by atoms with Crippen molar-refractivity contribution in [3.05, 3.63) is 35.7 Å². The van der Waals surface area contributed by atoms with Crippen LogP contribution < -0.4 is 4.90 Å². The Morgan fingerprint density at radius 3 is 2.83 bits per heavy atom. The molecule has 0 saturated heterocycles. The third-order valence-corrected chi connectivity index (χ3v) is 3.69. The van der Waals surface area contributed by atoms with Crippen molar-refractivity contribution >= 4 is 5.69 Å². The van der Waals surface area contributed by atoms with Crippen LogP contribution in [0.15, 0.2) is 24.5 Å². The third-order valence-electron chi connectivity index (χ3n) is 3.69. The molecule has 3 rings (SSSR count). The Bertz CT molecular complexity index is 589. The van der Waals surface area contributed by atoms with Crippen molar-refractivity contribution in [2.75, 3.05) is 18.5 Å². The summed E-state index contributed by atoms with van der Waals surface area (Å²) in [6.07, 6.45) is 4.84. The third kappa shape index (κ3) is 1.61. The van der Waals surface area contributed by atoms with E-state index >= 15 is 0 Å². The first kappa shape index (κ1) is 11.3. The van der Waals surface area contributed by atoms with Gasteiger partial charge in [-0.3, -0.25) is 4.68 Å². The molecule has 0 fully saturated rings. The molecule has 0 amide bonds. The van der Waals surface area contributed by atoms with Gasteiger partial charge in [0.25, 0.3) is 0 Å². The van der Waals surface area contributed by atoms with Crippen molar-refractivity contribution in [2.45, 2.75) is 13.0 Å². The lowest BCUT2D eigenvalue weighted by atomic mass is 9.96. The number of aliphatic hydroxyl groups excluding tert-OH is 1. The first-order valence-electron chi connectivity index (χ1n) is 6.16. The Labute approximate surface area is 106 Å². The number of hydrogen-bond donors (Lipinski definition) is 1. The van der Waals surface area contributed by atoms with Crippen LogP contribution >= 0.6 is 0 Å². The second kappa shape index (κ2) is 4.14. The molecule has 1 N–H and O–H groups in total. The fourth-order valence-electron chi connectivity index (χ4n) is 2.73. The summed E-state index contributed by atoms with van der Waals surface area (Å²) >= 11 is 0. The van der Waals surface area contributed by atoms with Gasteiger partial charge in [-0.1, -0.05) is 6.07 Å². The van der Waals surface area contributed by atoms with Gasteiger partial charge in [0.2, 0.25) is 0 Å². The molecule has 0 atom stereocenters. The van der Waals surface area contributed by atoms with Crippen molar-refractivity contribution in [3.63, 3.8) is 0 Å². The number of anilines is 1. The molecule has 1 aromatic heterocycles. The highest BCUT2D eigenvalue weighted by atomic mass is 16.3. The molecule has 2 aromatic rings. The van der Waals surface area contributed by atoms with Gasteiger partial charge in [-0.2, -0.15) is 5.10 Å². The van der Waals surface area contributed by atoms with E-state index in [2.05, 4.69) is 29.2 Å². The normalized spacial score (nSPS) is 14.1. The van der Waals surface area contributed by atoms with Gasteiger partial charge in [-0.15, -0.1) is 0 Å². The van der Waals surface area contributed by atoms with E-state index in [0.717, 1.165) is 29.7 Å². The summed E-state index contributed by atoms with van der Waals surface area (Å²) in [6.45, 7) is 1.11. The van der Waals surface area contributed by atoms with Crippen LogP contribution in [-0.2, 0) is 20.1 Å². The molecular weight excluding hydrogens is 226 g/mol. The molecule has 0 bridgehead atoms. The van der Waals surface area contributed by atoms with Crippen molar-refractivity contribution in [1.29, 1.82) is 0 Å². The zero-order valence-corrected chi connectivity index (χ0v) is 10.7. The van der Waals surface area contributed by atoms with Crippen LogP contribution in [0.3, 0.4) is 0 Å². The summed E-state index contributed by atoms with van der Waals surface area (Å²) in [6, 6.07) is 4.23. The number of likely N-dealkylation sites (N-methyl/N-ethyl adjacent to an activating group) is 1. The van der Waals surface area contributed by atoms with Gasteiger partial charge in [0, 0.05) is 38.1 Å². The highest BCUT2D eigenvalue weighted by molar-refractivity contribution is 5.74. The molecule has 0 saturated carbocycles. The number of nitrogens with zero attached hydrogens (tertiary/aromatic N) is 3. The van der Waals surface area contributed by atoms with Gasteiger partial charge in [-0.05, 0) is 29.2 Å². The largest absolute Gasteiger partial charge is 0.392 e. The summed E-state index contributed by atoms with van der Waals surface area (Å²) in [5.41, 5.74) is 5.73. The molecule has 0 spiro atoms. The minimum absolute atomic E-state index is 0.0846. The number of hydrogen-bond acceptors (Lipinski definition) is 3. The maximum Gasteiger partial charge on any atom is 0.0691 e. The summed E-state index contributed by atoms with van der Waals surface area (Å²) in [5, 5.41) is 13.9. The van der Waals surface area contributed by atoms with Gasteiger partial charge in [0.1, 0.15) is 0 Å². The second-order valence-electron chi connectivity index (χ2n) is 4.82. The minimum Gasteiger partial charge on any atom is -0.392 e. The summed E-state index contributed by atoms with van der Waals surface area (Å²) in [5.74, 6) is 0. The molecule has 1 aliphatic rings. The SMILES string of the molecule is CN1CCc2c1ccc(-c1cnn(C)c1)c2CO. The average Bonchev–Trinajstić information content (AvgIpc) is 2.95. The van der Waals surface area contributed by atoms with E-state index in [-0.39, 0.29) is 6.61 Å². The average molecular weight is 243 g/mol. The standard InChI is InChI=1S/C14H17N3O/c1-16-6-5-12-13(9-18)11(3-4-14(12)16)10-7-15-17(2)8-10/h3-4,7-8,18H,5-6,9H2,1-2H3. The molecule has 4 nitrogen and oxygen atoms in total. The molecule has 0 unspecified atom stereocenters. The molecule has 0 aliphatic carbocycles. The van der Waals surface area contributed by atoms with Crippen molar-refractivity contribution in [3.8, 4) is 11.1 Å². The van der Waals surface area contributed by atoms with Crippen LogP contribution in [0.2, 0.25) is 0 Å². The van der Waals surface area contributed by atoms with E-state index in [9.17, 15) is 5.11 Å². The summed E-state index contributed by atoms with van der Waals surface area (Å²) < 4.78 is 1.79. The lowest BCUT2D eigenvalue weighted by Crippen LogP contribution is -2.12. The molecule has 1 aliphatic heterocycles. The van der Waals surface area contributed by atoms with E-state index in [4.69, 9.17) is 0 Å². The zero-order valence-electron chi connectivity index (χ0n) is 10.7. The van der Waals surface area contributed by atoms with Crippen LogP contribution in [0.4, 0.5) is 5.69 Å². The van der Waals surface area contributed by atoms with E-state index in [0.29, 0.717) is 0 Å². The summed E-state index contributed by atoms with van der Waals surface area (Å²) in [7, 11) is 4.00. The predicted molar refractivity (Wildman–Crippen MR) is 71.5 cm³/mol. The topological polar surface area (TPSA) is 41.3 Å². The lowest BCUT2D eigenvalue weighted by molar-refractivity contribution is 0.281.